The summed E-state index contributed by atoms with van der Waals surface area (Å²) < 4.78 is 6.16. The summed E-state index contributed by atoms with van der Waals surface area (Å²) in [6, 6.07) is 6.49. The maximum Gasteiger partial charge on any atom is 0.410 e. The van der Waals surface area contributed by atoms with E-state index in [1.54, 1.807) is 17.0 Å². The predicted molar refractivity (Wildman–Crippen MR) is 106 cm³/mol. The third-order valence-corrected chi connectivity index (χ3v) is 5.29. The molecule has 7 nitrogen and oxygen atoms in total. The molecule has 26 heavy (non-hydrogen) atoms. The molecule has 0 aliphatic carbocycles. The van der Waals surface area contributed by atoms with Gasteiger partial charge in [0.1, 0.15) is 9.92 Å². The van der Waals surface area contributed by atoms with Crippen LogP contribution in [0.5, 0.6) is 0 Å². The molecule has 1 aliphatic rings. The molecular formula is C17H23N3O4S2. The SMILES string of the molecule is CC(C)(C)OC(=O)N1CCN(C(=S)SCc2ccc([N+](=O)[O-])cc2)CC1. The van der Waals surface area contributed by atoms with Gasteiger partial charge in [0, 0.05) is 44.1 Å². The van der Waals surface area contributed by atoms with E-state index in [2.05, 4.69) is 4.90 Å². The molecule has 0 saturated carbocycles. The van der Waals surface area contributed by atoms with Crippen molar-refractivity contribution in [1.29, 1.82) is 0 Å². The van der Waals surface area contributed by atoms with Crippen LogP contribution in [0, 0.1) is 10.1 Å². The van der Waals surface area contributed by atoms with E-state index >= 15 is 0 Å². The summed E-state index contributed by atoms with van der Waals surface area (Å²) in [6.07, 6.45) is -0.290. The number of carbonyl (C=O) groups is 1. The van der Waals surface area contributed by atoms with E-state index in [4.69, 9.17) is 17.0 Å². The van der Waals surface area contributed by atoms with Gasteiger partial charge in [0.2, 0.25) is 0 Å². The van der Waals surface area contributed by atoms with Crippen molar-refractivity contribution < 1.29 is 14.5 Å². The fourth-order valence-corrected chi connectivity index (χ4v) is 3.56. The summed E-state index contributed by atoms with van der Waals surface area (Å²) in [6.45, 7) is 8.05. The molecule has 142 valence electrons. The number of nitro groups is 1. The molecule has 0 unspecified atom stereocenters. The molecule has 0 radical (unpaired) electrons. The largest absolute Gasteiger partial charge is 0.444 e. The van der Waals surface area contributed by atoms with Crippen molar-refractivity contribution in [2.45, 2.75) is 32.1 Å². The van der Waals surface area contributed by atoms with Crippen LogP contribution in [0.2, 0.25) is 0 Å². The minimum atomic E-state index is -0.496. The van der Waals surface area contributed by atoms with Gasteiger partial charge in [0.25, 0.3) is 5.69 Å². The van der Waals surface area contributed by atoms with Crippen LogP contribution >= 0.6 is 24.0 Å². The summed E-state index contributed by atoms with van der Waals surface area (Å²) in [5, 5.41) is 10.7. The van der Waals surface area contributed by atoms with Gasteiger partial charge in [-0.05, 0) is 26.3 Å². The number of piperazine rings is 1. The summed E-state index contributed by atoms with van der Waals surface area (Å²) in [5.74, 6) is 0.656. The highest BCUT2D eigenvalue weighted by Crippen LogP contribution is 2.20. The van der Waals surface area contributed by atoms with Gasteiger partial charge < -0.3 is 14.5 Å². The Morgan fingerprint density at radius 1 is 1.19 bits per heavy atom. The maximum absolute atomic E-state index is 12.1. The number of rotatable bonds is 3. The van der Waals surface area contributed by atoms with Gasteiger partial charge in [-0.25, -0.2) is 4.79 Å². The normalized spacial score (nSPS) is 14.9. The molecule has 0 atom stereocenters. The second-order valence-electron chi connectivity index (χ2n) is 6.93. The van der Waals surface area contributed by atoms with Crippen molar-refractivity contribution in [1.82, 2.24) is 9.80 Å². The first-order valence-electron chi connectivity index (χ1n) is 8.29. The second kappa shape index (κ2) is 8.68. The number of thiocarbonyl (C=S) groups is 1. The average Bonchev–Trinajstić information content (AvgIpc) is 2.58. The lowest BCUT2D eigenvalue weighted by atomic mass is 10.2. The Labute approximate surface area is 162 Å². The fraction of sp³-hybridized carbons (Fsp3) is 0.529. The summed E-state index contributed by atoms with van der Waals surface area (Å²) in [7, 11) is 0. The number of hydrogen-bond acceptors (Lipinski definition) is 6. The zero-order valence-electron chi connectivity index (χ0n) is 15.1. The number of nitro benzene ring substituents is 1. The molecule has 0 aromatic heterocycles. The average molecular weight is 398 g/mol. The fourth-order valence-electron chi connectivity index (χ4n) is 2.35. The molecule has 1 aliphatic heterocycles. The molecule has 0 N–H and O–H groups in total. The monoisotopic (exact) mass is 397 g/mol. The van der Waals surface area contributed by atoms with Crippen LogP contribution < -0.4 is 0 Å². The van der Waals surface area contributed by atoms with Crippen LogP contribution in [0.3, 0.4) is 0 Å². The van der Waals surface area contributed by atoms with Crippen molar-refractivity contribution in [2.24, 2.45) is 0 Å². The van der Waals surface area contributed by atoms with E-state index in [1.807, 2.05) is 20.8 Å². The highest BCUT2D eigenvalue weighted by Gasteiger charge is 2.26. The Bertz CT molecular complexity index is 666. The molecule has 1 fully saturated rings. The molecule has 0 bridgehead atoms. The Hall–Kier alpha value is -1.87. The van der Waals surface area contributed by atoms with Gasteiger partial charge in [0.05, 0.1) is 4.92 Å². The van der Waals surface area contributed by atoms with Crippen LogP contribution in [-0.2, 0) is 10.5 Å². The third-order valence-electron chi connectivity index (χ3n) is 3.70. The van der Waals surface area contributed by atoms with Gasteiger partial charge >= 0.3 is 6.09 Å². The number of thioether (sulfide) groups is 1. The molecule has 0 spiro atoms. The van der Waals surface area contributed by atoms with Gasteiger partial charge in [-0.2, -0.15) is 0 Å². The lowest BCUT2D eigenvalue weighted by Crippen LogP contribution is -2.50. The van der Waals surface area contributed by atoms with E-state index in [0.717, 1.165) is 9.88 Å². The molecule has 1 heterocycles. The first-order chi connectivity index (χ1) is 12.2. The van der Waals surface area contributed by atoms with Gasteiger partial charge in [0.15, 0.2) is 0 Å². The minimum absolute atomic E-state index is 0.0830. The summed E-state index contributed by atoms with van der Waals surface area (Å²) in [4.78, 5) is 26.1. The van der Waals surface area contributed by atoms with Crippen LogP contribution in [0.1, 0.15) is 26.3 Å². The van der Waals surface area contributed by atoms with E-state index in [1.165, 1.54) is 23.9 Å². The topological polar surface area (TPSA) is 75.9 Å². The molecule has 1 saturated heterocycles. The molecular weight excluding hydrogens is 374 g/mol. The number of non-ortho nitro benzene ring substituents is 1. The molecule has 2 rings (SSSR count). The molecule has 1 amide bonds. The zero-order valence-corrected chi connectivity index (χ0v) is 16.8. The van der Waals surface area contributed by atoms with E-state index in [0.29, 0.717) is 31.9 Å². The lowest BCUT2D eigenvalue weighted by Gasteiger charge is -2.36. The van der Waals surface area contributed by atoms with E-state index < -0.39 is 10.5 Å². The van der Waals surface area contributed by atoms with Gasteiger partial charge in [-0.1, -0.05) is 36.1 Å². The van der Waals surface area contributed by atoms with Crippen molar-refractivity contribution in [3.05, 3.63) is 39.9 Å². The third kappa shape index (κ3) is 6.14. The highest BCUT2D eigenvalue weighted by molar-refractivity contribution is 8.22. The van der Waals surface area contributed by atoms with Crippen molar-refractivity contribution in [3.8, 4) is 0 Å². The van der Waals surface area contributed by atoms with Crippen LogP contribution in [0.15, 0.2) is 24.3 Å². The first kappa shape index (κ1) is 20.4. The summed E-state index contributed by atoms with van der Waals surface area (Å²) in [5.41, 5.74) is 0.569. The Balaban J connectivity index is 1.77. The quantitative estimate of drug-likeness (QED) is 0.438. The number of nitrogens with zero attached hydrogens (tertiary/aromatic N) is 3. The van der Waals surface area contributed by atoms with Crippen LogP contribution in [0.4, 0.5) is 10.5 Å². The number of hydrogen-bond donors (Lipinski definition) is 0. The highest BCUT2D eigenvalue weighted by atomic mass is 32.2. The number of amides is 1. The summed E-state index contributed by atoms with van der Waals surface area (Å²) >= 11 is 7.00. The number of ether oxygens (including phenoxy) is 1. The number of carbonyl (C=O) groups excluding carboxylic acids is 1. The predicted octanol–water partition coefficient (Wildman–Crippen LogP) is 3.67. The molecule has 1 aromatic carbocycles. The Morgan fingerprint density at radius 3 is 2.23 bits per heavy atom. The van der Waals surface area contributed by atoms with Crippen molar-refractivity contribution in [2.75, 3.05) is 26.2 Å². The smallest absolute Gasteiger partial charge is 0.410 e. The van der Waals surface area contributed by atoms with Crippen molar-refractivity contribution >= 4 is 40.1 Å². The van der Waals surface area contributed by atoms with Gasteiger partial charge in [-0.15, -0.1) is 0 Å². The van der Waals surface area contributed by atoms with E-state index in [-0.39, 0.29) is 11.8 Å². The Kier molecular flexibility index (Phi) is 6.82. The standard InChI is InChI=1S/C17H23N3O4S2/c1-17(2,3)24-15(21)18-8-10-19(11-9-18)16(25)26-12-13-4-6-14(7-5-13)20(22)23/h4-7H,8-12H2,1-3H3. The number of benzene rings is 1. The second-order valence-corrected chi connectivity index (χ2v) is 8.54. The molecule has 9 heteroatoms. The van der Waals surface area contributed by atoms with Crippen molar-refractivity contribution in [3.63, 3.8) is 0 Å². The van der Waals surface area contributed by atoms with Crippen LogP contribution in [-0.4, -0.2) is 56.9 Å². The zero-order chi connectivity index (χ0) is 19.3. The maximum atomic E-state index is 12.1. The van der Waals surface area contributed by atoms with Crippen LogP contribution in [0.25, 0.3) is 0 Å². The first-order valence-corrected chi connectivity index (χ1v) is 9.68. The van der Waals surface area contributed by atoms with Gasteiger partial charge in [-0.3, -0.25) is 10.1 Å². The lowest BCUT2D eigenvalue weighted by molar-refractivity contribution is -0.384. The Morgan fingerprint density at radius 2 is 1.73 bits per heavy atom. The van der Waals surface area contributed by atoms with E-state index in [9.17, 15) is 14.9 Å². The molecule has 1 aromatic rings. The minimum Gasteiger partial charge on any atom is -0.444 e.